The van der Waals surface area contributed by atoms with Gasteiger partial charge in [0.05, 0.1) is 6.10 Å². The first kappa shape index (κ1) is 14.7. The summed E-state index contributed by atoms with van der Waals surface area (Å²) in [5.41, 5.74) is 2.99. The molecule has 1 aromatic heterocycles. The van der Waals surface area contributed by atoms with Crippen molar-refractivity contribution in [3.63, 3.8) is 0 Å². The first-order valence-corrected chi connectivity index (χ1v) is 7.75. The van der Waals surface area contributed by atoms with E-state index in [2.05, 4.69) is 49.8 Å². The van der Waals surface area contributed by atoms with Crippen molar-refractivity contribution in [2.24, 2.45) is 0 Å². The van der Waals surface area contributed by atoms with Crippen molar-refractivity contribution < 1.29 is 5.11 Å². The van der Waals surface area contributed by atoms with Crippen molar-refractivity contribution in [1.29, 1.82) is 0 Å². The van der Waals surface area contributed by atoms with Gasteiger partial charge in [0.1, 0.15) is 0 Å². The summed E-state index contributed by atoms with van der Waals surface area (Å²) in [5, 5.41) is 10.3. The maximum atomic E-state index is 10.3. The Hall–Kier alpha value is -0.710. The van der Waals surface area contributed by atoms with E-state index in [-0.39, 0.29) is 0 Å². The summed E-state index contributed by atoms with van der Waals surface area (Å²) >= 11 is 6.88. The smallest absolute Gasteiger partial charge is 0.0856 e. The van der Waals surface area contributed by atoms with E-state index in [0.29, 0.717) is 6.42 Å². The average Bonchev–Trinajstić information content (AvgIpc) is 2.39. The van der Waals surface area contributed by atoms with Crippen LogP contribution in [0.5, 0.6) is 0 Å². The van der Waals surface area contributed by atoms with Crippen LogP contribution >= 0.6 is 31.9 Å². The van der Waals surface area contributed by atoms with Crippen LogP contribution in [0.1, 0.15) is 29.8 Å². The topological polar surface area (TPSA) is 33.1 Å². The quantitative estimate of drug-likeness (QED) is 0.844. The molecule has 2 nitrogen and oxygen atoms in total. The molecule has 0 amide bonds. The molecule has 0 fully saturated rings. The van der Waals surface area contributed by atoms with E-state index in [0.717, 1.165) is 26.6 Å². The van der Waals surface area contributed by atoms with Crippen molar-refractivity contribution >= 4 is 31.9 Å². The van der Waals surface area contributed by atoms with Crippen molar-refractivity contribution in [2.75, 3.05) is 0 Å². The molecule has 0 saturated heterocycles. The minimum Gasteiger partial charge on any atom is -0.388 e. The number of benzene rings is 1. The van der Waals surface area contributed by atoms with E-state index in [1.807, 2.05) is 30.5 Å². The zero-order chi connectivity index (χ0) is 13.8. The highest BCUT2D eigenvalue weighted by atomic mass is 79.9. The molecule has 1 N–H and O–H groups in total. The van der Waals surface area contributed by atoms with Gasteiger partial charge in [-0.05, 0) is 35.7 Å². The van der Waals surface area contributed by atoms with E-state index in [1.54, 1.807) is 0 Å². The van der Waals surface area contributed by atoms with Crippen LogP contribution in [-0.4, -0.2) is 10.1 Å². The number of aromatic nitrogens is 1. The second kappa shape index (κ2) is 6.64. The number of aliphatic hydroxyl groups is 1. The van der Waals surface area contributed by atoms with Crippen LogP contribution in [0.25, 0.3) is 0 Å². The van der Waals surface area contributed by atoms with E-state index in [1.165, 1.54) is 5.56 Å². The summed E-state index contributed by atoms with van der Waals surface area (Å²) in [6.07, 6.45) is 2.82. The molecular formula is C15H15Br2NO. The third-order valence-corrected chi connectivity index (χ3v) is 4.20. The van der Waals surface area contributed by atoms with E-state index < -0.39 is 6.10 Å². The highest BCUT2D eigenvalue weighted by Gasteiger charge is 2.13. The van der Waals surface area contributed by atoms with Gasteiger partial charge in [0.2, 0.25) is 0 Å². The molecule has 0 bridgehead atoms. The fourth-order valence-electron chi connectivity index (χ4n) is 1.86. The van der Waals surface area contributed by atoms with Gasteiger partial charge < -0.3 is 5.11 Å². The minimum atomic E-state index is -0.553. The second-order valence-electron chi connectivity index (χ2n) is 4.40. The molecule has 2 rings (SSSR count). The van der Waals surface area contributed by atoms with Crippen LogP contribution in [0.4, 0.5) is 0 Å². The molecule has 0 saturated carbocycles. The summed E-state index contributed by atoms with van der Waals surface area (Å²) < 4.78 is 1.89. The van der Waals surface area contributed by atoms with Gasteiger partial charge in [-0.1, -0.05) is 50.9 Å². The lowest BCUT2D eigenvalue weighted by Gasteiger charge is -2.13. The molecule has 100 valence electrons. The zero-order valence-electron chi connectivity index (χ0n) is 10.6. The number of rotatable bonds is 4. The van der Waals surface area contributed by atoms with Gasteiger partial charge in [-0.25, -0.2) is 0 Å². The molecule has 0 aliphatic carbocycles. The maximum absolute atomic E-state index is 10.3. The van der Waals surface area contributed by atoms with Crippen molar-refractivity contribution in [2.45, 2.75) is 25.9 Å². The molecule has 2 aromatic rings. The van der Waals surface area contributed by atoms with Crippen LogP contribution in [0, 0.1) is 0 Å². The monoisotopic (exact) mass is 383 g/mol. The minimum absolute atomic E-state index is 0.518. The number of hydrogen-bond donors (Lipinski definition) is 1. The molecule has 1 unspecified atom stereocenters. The summed E-state index contributed by atoms with van der Waals surface area (Å²) in [6.45, 7) is 2.10. The van der Waals surface area contributed by atoms with Crippen LogP contribution in [0.2, 0.25) is 0 Å². The SMILES string of the molecule is CCc1ccc(CC(O)c2ccc(Br)cc2Br)nc1. The number of pyridine rings is 1. The van der Waals surface area contributed by atoms with Gasteiger partial charge in [0.15, 0.2) is 0 Å². The van der Waals surface area contributed by atoms with Crippen LogP contribution in [0.15, 0.2) is 45.5 Å². The lowest BCUT2D eigenvalue weighted by molar-refractivity contribution is 0.176. The molecule has 1 aromatic carbocycles. The molecule has 1 atom stereocenters. The summed E-state index contributed by atoms with van der Waals surface area (Å²) in [7, 11) is 0. The molecule has 4 heteroatoms. The summed E-state index contributed by atoms with van der Waals surface area (Å²) in [6, 6.07) is 9.82. The number of hydrogen-bond acceptors (Lipinski definition) is 2. The van der Waals surface area contributed by atoms with Gasteiger partial charge in [-0.3, -0.25) is 4.98 Å². The van der Waals surface area contributed by atoms with E-state index >= 15 is 0 Å². The Morgan fingerprint density at radius 3 is 2.58 bits per heavy atom. The second-order valence-corrected chi connectivity index (χ2v) is 6.17. The zero-order valence-corrected chi connectivity index (χ0v) is 13.8. The number of aliphatic hydroxyl groups excluding tert-OH is 1. The Labute approximate surface area is 130 Å². The first-order valence-electron chi connectivity index (χ1n) is 6.17. The van der Waals surface area contributed by atoms with Crippen LogP contribution in [0.3, 0.4) is 0 Å². The highest BCUT2D eigenvalue weighted by molar-refractivity contribution is 9.11. The predicted molar refractivity (Wildman–Crippen MR) is 84.1 cm³/mol. The average molecular weight is 385 g/mol. The van der Waals surface area contributed by atoms with Gasteiger partial charge in [0, 0.05) is 27.3 Å². The molecule has 19 heavy (non-hydrogen) atoms. The summed E-state index contributed by atoms with van der Waals surface area (Å²) in [5.74, 6) is 0. The molecule has 0 spiro atoms. The van der Waals surface area contributed by atoms with E-state index in [9.17, 15) is 5.11 Å². The molecule has 0 radical (unpaired) electrons. The van der Waals surface area contributed by atoms with Crippen LogP contribution < -0.4 is 0 Å². The van der Waals surface area contributed by atoms with Gasteiger partial charge in [-0.2, -0.15) is 0 Å². The molecular weight excluding hydrogens is 370 g/mol. The fourth-order valence-corrected chi connectivity index (χ4v) is 3.18. The Balaban J connectivity index is 2.13. The highest BCUT2D eigenvalue weighted by Crippen LogP contribution is 2.28. The largest absolute Gasteiger partial charge is 0.388 e. The third kappa shape index (κ3) is 3.88. The maximum Gasteiger partial charge on any atom is 0.0856 e. The van der Waals surface area contributed by atoms with Gasteiger partial charge >= 0.3 is 0 Å². The van der Waals surface area contributed by atoms with Crippen molar-refractivity contribution in [3.8, 4) is 0 Å². The Bertz CT molecular complexity index is 555. The number of nitrogens with zero attached hydrogens (tertiary/aromatic N) is 1. The molecule has 1 heterocycles. The number of aryl methyl sites for hydroxylation is 1. The fraction of sp³-hybridized carbons (Fsp3) is 0.267. The lowest BCUT2D eigenvalue weighted by Crippen LogP contribution is -2.04. The van der Waals surface area contributed by atoms with Crippen molar-refractivity contribution in [1.82, 2.24) is 4.98 Å². The third-order valence-electron chi connectivity index (χ3n) is 3.02. The van der Waals surface area contributed by atoms with Gasteiger partial charge in [-0.15, -0.1) is 0 Å². The van der Waals surface area contributed by atoms with Gasteiger partial charge in [0.25, 0.3) is 0 Å². The summed E-state index contributed by atoms with van der Waals surface area (Å²) in [4.78, 5) is 4.38. The molecule has 0 aliphatic heterocycles. The Morgan fingerprint density at radius 2 is 2.00 bits per heavy atom. The number of halogens is 2. The van der Waals surface area contributed by atoms with E-state index in [4.69, 9.17) is 0 Å². The van der Waals surface area contributed by atoms with Crippen LogP contribution in [-0.2, 0) is 12.8 Å². The van der Waals surface area contributed by atoms with Crippen molar-refractivity contribution in [3.05, 3.63) is 62.3 Å². The first-order chi connectivity index (χ1) is 9.10. The predicted octanol–water partition coefficient (Wildman–Crippen LogP) is 4.45. The normalized spacial score (nSPS) is 12.4. The molecule has 0 aliphatic rings. The standard InChI is InChI=1S/C15H15Br2NO/c1-2-10-3-5-12(18-9-10)8-15(19)13-6-4-11(16)7-14(13)17/h3-7,9,15,19H,2,8H2,1H3. The lowest BCUT2D eigenvalue weighted by atomic mass is 10.0. The Morgan fingerprint density at radius 1 is 1.21 bits per heavy atom. The Kier molecular flexibility index (Phi) is 5.13.